The summed E-state index contributed by atoms with van der Waals surface area (Å²) in [5, 5.41) is 4.39. The molecular formula is C22H19NO4S2. The Balaban J connectivity index is 1.81. The summed E-state index contributed by atoms with van der Waals surface area (Å²) < 4.78 is 32.1. The first-order chi connectivity index (χ1) is 14.0. The molecule has 0 aliphatic carbocycles. The van der Waals surface area contributed by atoms with E-state index in [1.165, 1.54) is 11.3 Å². The van der Waals surface area contributed by atoms with Crippen LogP contribution in [0.4, 0.5) is 5.69 Å². The fourth-order valence-corrected chi connectivity index (χ4v) is 6.35. The molecule has 0 bridgehead atoms. The highest BCUT2D eigenvalue weighted by molar-refractivity contribution is 7.91. The third kappa shape index (κ3) is 3.59. The lowest BCUT2D eigenvalue weighted by atomic mass is 9.90. The molecule has 0 saturated carbocycles. The number of thiophene rings is 1. The lowest BCUT2D eigenvalue weighted by Gasteiger charge is -2.25. The number of carbonyl (C=O) groups is 1. The van der Waals surface area contributed by atoms with Crippen LogP contribution >= 0.6 is 11.3 Å². The summed E-state index contributed by atoms with van der Waals surface area (Å²) >= 11 is 1.34. The van der Waals surface area contributed by atoms with Gasteiger partial charge in [-0.05, 0) is 18.2 Å². The first-order valence-corrected chi connectivity index (χ1v) is 11.4. The standard InChI is InChI=1S/C22H19NO4S2/c1-2-12-27-18-11-7-6-10-16(18)17-13-20(24)23-21-19(14-28-22(17)21)29(25,26)15-8-4-3-5-9-15/h2-11,14,17H,1,12-13H2,(H,23,24)/t17-/m0/s1. The second kappa shape index (κ2) is 7.85. The van der Waals surface area contributed by atoms with E-state index in [0.29, 0.717) is 18.0 Å². The van der Waals surface area contributed by atoms with Crippen LogP contribution in [0, 0.1) is 0 Å². The SMILES string of the molecule is C=CCOc1ccccc1[C@@H]1CC(=O)Nc2c(S(=O)(=O)c3ccccc3)csc21. The highest BCUT2D eigenvalue weighted by atomic mass is 32.2. The van der Waals surface area contributed by atoms with Crippen LogP contribution in [0.5, 0.6) is 5.75 Å². The number of fused-ring (bicyclic) bond motifs is 1. The summed E-state index contributed by atoms with van der Waals surface area (Å²) in [4.78, 5) is 13.6. The van der Waals surface area contributed by atoms with Gasteiger partial charge in [0.15, 0.2) is 0 Å². The summed E-state index contributed by atoms with van der Waals surface area (Å²) in [5.41, 5.74) is 1.23. The molecule has 3 aromatic rings. The molecule has 0 saturated heterocycles. The van der Waals surface area contributed by atoms with Gasteiger partial charge >= 0.3 is 0 Å². The molecule has 1 amide bonds. The third-order valence-electron chi connectivity index (χ3n) is 4.75. The predicted molar refractivity (Wildman–Crippen MR) is 113 cm³/mol. The minimum Gasteiger partial charge on any atom is -0.489 e. The number of amides is 1. The summed E-state index contributed by atoms with van der Waals surface area (Å²) in [7, 11) is -3.74. The number of benzene rings is 2. The van der Waals surface area contributed by atoms with Crippen molar-refractivity contribution in [3.63, 3.8) is 0 Å². The Bertz CT molecular complexity index is 1170. The van der Waals surface area contributed by atoms with E-state index in [9.17, 15) is 13.2 Å². The average molecular weight is 426 g/mol. The maximum atomic E-state index is 13.1. The highest BCUT2D eigenvalue weighted by Crippen LogP contribution is 2.47. The molecule has 0 radical (unpaired) electrons. The summed E-state index contributed by atoms with van der Waals surface area (Å²) in [6.45, 7) is 4.02. The van der Waals surface area contributed by atoms with Gasteiger partial charge in [-0.2, -0.15) is 0 Å². The molecule has 1 N–H and O–H groups in total. The molecular weight excluding hydrogens is 406 g/mol. The normalized spacial score (nSPS) is 16.0. The smallest absolute Gasteiger partial charge is 0.225 e. The Hall–Kier alpha value is -2.90. The minimum atomic E-state index is -3.74. The van der Waals surface area contributed by atoms with Crippen LogP contribution in [0.25, 0.3) is 0 Å². The summed E-state index contributed by atoms with van der Waals surface area (Å²) in [6.07, 6.45) is 1.89. The molecule has 0 fully saturated rings. The van der Waals surface area contributed by atoms with Gasteiger partial charge in [0.2, 0.25) is 15.7 Å². The van der Waals surface area contributed by atoms with E-state index >= 15 is 0 Å². The molecule has 2 heterocycles. The van der Waals surface area contributed by atoms with E-state index in [0.717, 1.165) is 10.4 Å². The Labute approximate surface area is 173 Å². The predicted octanol–water partition coefficient (Wildman–Crippen LogP) is 4.62. The number of nitrogens with one attached hydrogen (secondary N) is 1. The maximum Gasteiger partial charge on any atom is 0.225 e. The molecule has 148 valence electrons. The first-order valence-electron chi connectivity index (χ1n) is 9.06. The molecule has 5 nitrogen and oxygen atoms in total. The van der Waals surface area contributed by atoms with Crippen LogP contribution in [0.2, 0.25) is 0 Å². The molecule has 7 heteroatoms. The summed E-state index contributed by atoms with van der Waals surface area (Å²) in [5.74, 6) is 0.173. The van der Waals surface area contributed by atoms with Gasteiger partial charge in [-0.1, -0.05) is 49.1 Å². The average Bonchev–Trinajstić information content (AvgIpc) is 3.17. The second-order valence-electron chi connectivity index (χ2n) is 6.60. The van der Waals surface area contributed by atoms with E-state index in [2.05, 4.69) is 11.9 Å². The van der Waals surface area contributed by atoms with Crippen LogP contribution in [-0.2, 0) is 14.6 Å². The van der Waals surface area contributed by atoms with E-state index in [1.54, 1.807) is 41.8 Å². The zero-order valence-electron chi connectivity index (χ0n) is 15.5. The van der Waals surface area contributed by atoms with Crippen molar-refractivity contribution in [2.75, 3.05) is 11.9 Å². The van der Waals surface area contributed by atoms with Gasteiger partial charge in [0.05, 0.1) is 10.6 Å². The number of carbonyl (C=O) groups excluding carboxylic acids is 1. The number of anilines is 1. The Morgan fingerprint density at radius 2 is 1.86 bits per heavy atom. The summed E-state index contributed by atoms with van der Waals surface area (Å²) in [6, 6.07) is 15.8. The highest BCUT2D eigenvalue weighted by Gasteiger charge is 2.35. The van der Waals surface area contributed by atoms with Crippen molar-refractivity contribution in [1.82, 2.24) is 0 Å². The minimum absolute atomic E-state index is 0.131. The quantitative estimate of drug-likeness (QED) is 0.585. The van der Waals surface area contributed by atoms with E-state index in [1.807, 2.05) is 24.3 Å². The number of para-hydroxylation sites is 1. The Morgan fingerprint density at radius 3 is 2.62 bits per heavy atom. The van der Waals surface area contributed by atoms with E-state index in [4.69, 9.17) is 4.74 Å². The zero-order chi connectivity index (χ0) is 20.4. The Kier molecular flexibility index (Phi) is 5.25. The fraction of sp³-hybridized carbons (Fsp3) is 0.136. The lowest BCUT2D eigenvalue weighted by molar-refractivity contribution is -0.116. The van der Waals surface area contributed by atoms with Gasteiger partial charge in [0, 0.05) is 28.2 Å². The van der Waals surface area contributed by atoms with Gasteiger partial charge in [-0.3, -0.25) is 4.79 Å². The van der Waals surface area contributed by atoms with Crippen LogP contribution in [0.1, 0.15) is 22.8 Å². The first kappa shape index (κ1) is 19.4. The van der Waals surface area contributed by atoms with Crippen molar-refractivity contribution in [2.24, 2.45) is 0 Å². The van der Waals surface area contributed by atoms with Crippen LogP contribution in [0.15, 0.2) is 82.4 Å². The molecule has 2 aromatic carbocycles. The zero-order valence-corrected chi connectivity index (χ0v) is 17.1. The van der Waals surface area contributed by atoms with Crippen LogP contribution < -0.4 is 10.1 Å². The largest absolute Gasteiger partial charge is 0.489 e. The number of rotatable bonds is 6. The Morgan fingerprint density at radius 1 is 1.14 bits per heavy atom. The number of hydrogen-bond acceptors (Lipinski definition) is 5. The topological polar surface area (TPSA) is 72.5 Å². The molecule has 4 rings (SSSR count). The van der Waals surface area contributed by atoms with Crippen molar-refractivity contribution in [2.45, 2.75) is 22.1 Å². The fourth-order valence-electron chi connectivity index (χ4n) is 3.43. The third-order valence-corrected chi connectivity index (χ3v) is 7.79. The van der Waals surface area contributed by atoms with Crippen LogP contribution in [0.3, 0.4) is 0 Å². The number of hydrogen-bond donors (Lipinski definition) is 1. The molecule has 1 atom stereocenters. The van der Waals surface area contributed by atoms with Gasteiger partial charge in [0.25, 0.3) is 0 Å². The van der Waals surface area contributed by atoms with Gasteiger partial charge in [-0.15, -0.1) is 11.3 Å². The molecule has 1 aliphatic rings. The van der Waals surface area contributed by atoms with Gasteiger partial charge < -0.3 is 10.1 Å². The molecule has 1 aromatic heterocycles. The van der Waals surface area contributed by atoms with Crippen molar-refractivity contribution in [1.29, 1.82) is 0 Å². The van der Waals surface area contributed by atoms with E-state index < -0.39 is 9.84 Å². The number of sulfone groups is 1. The molecule has 0 unspecified atom stereocenters. The lowest BCUT2D eigenvalue weighted by Crippen LogP contribution is -2.23. The molecule has 0 spiro atoms. The number of ether oxygens (including phenoxy) is 1. The van der Waals surface area contributed by atoms with Gasteiger partial charge in [0.1, 0.15) is 17.3 Å². The monoisotopic (exact) mass is 425 g/mol. The van der Waals surface area contributed by atoms with Crippen molar-refractivity contribution in [3.8, 4) is 5.75 Å². The maximum absolute atomic E-state index is 13.1. The molecule has 29 heavy (non-hydrogen) atoms. The van der Waals surface area contributed by atoms with Crippen molar-refractivity contribution in [3.05, 3.63) is 83.1 Å². The van der Waals surface area contributed by atoms with Crippen molar-refractivity contribution < 1.29 is 17.9 Å². The van der Waals surface area contributed by atoms with Gasteiger partial charge in [-0.25, -0.2) is 8.42 Å². The van der Waals surface area contributed by atoms with Crippen molar-refractivity contribution >= 4 is 32.8 Å². The second-order valence-corrected chi connectivity index (χ2v) is 9.43. The molecule has 1 aliphatic heterocycles. The van der Waals surface area contributed by atoms with Crippen LogP contribution in [-0.4, -0.2) is 20.9 Å². The van der Waals surface area contributed by atoms with E-state index in [-0.39, 0.29) is 28.0 Å².